The second-order valence-electron chi connectivity index (χ2n) is 9.18. The van der Waals surface area contributed by atoms with Gasteiger partial charge in [0.05, 0.1) is 17.8 Å². The van der Waals surface area contributed by atoms with Gasteiger partial charge in [-0.15, -0.1) is 20.4 Å². The zero-order chi connectivity index (χ0) is 23.2. The van der Waals surface area contributed by atoms with Crippen molar-refractivity contribution in [2.45, 2.75) is 68.9 Å². The normalized spacial score (nSPS) is 26.1. The minimum atomic E-state index is -0.947. The quantitative estimate of drug-likeness (QED) is 0.569. The monoisotopic (exact) mass is 478 g/mol. The highest BCUT2D eigenvalue weighted by Gasteiger charge is 2.46. The summed E-state index contributed by atoms with van der Waals surface area (Å²) in [4.78, 5) is 6.57. The SMILES string of the molecule is N#Cc1nnc(-c2ccc(-c3ncc(N(C4CC4)[C@@H]4C[C@@H]5CCC[C@@H](N5)[C@@H]4F)nn3)c(O)c2)s1. The molecule has 1 aliphatic carbocycles. The van der Waals surface area contributed by atoms with E-state index in [1.807, 2.05) is 6.07 Å². The number of halogens is 1. The summed E-state index contributed by atoms with van der Waals surface area (Å²) in [6, 6.07) is 7.29. The molecule has 1 saturated carbocycles. The van der Waals surface area contributed by atoms with Crippen molar-refractivity contribution in [1.82, 2.24) is 30.7 Å². The number of piperidine rings is 2. The Bertz CT molecular complexity index is 1240. The van der Waals surface area contributed by atoms with Gasteiger partial charge in [0.25, 0.3) is 0 Å². The van der Waals surface area contributed by atoms with Gasteiger partial charge >= 0.3 is 0 Å². The predicted molar refractivity (Wildman–Crippen MR) is 124 cm³/mol. The fourth-order valence-electron chi connectivity index (χ4n) is 5.18. The Morgan fingerprint density at radius 1 is 1.15 bits per heavy atom. The minimum absolute atomic E-state index is 0.0187. The standard InChI is InChI=1S/C23H23FN8OS/c24-21-16-3-1-2-13(27-16)9-17(21)32(14-5-6-14)19-11-26-22(30-28-19)15-7-4-12(8-18(15)33)23-31-29-20(10-25)34-23/h4,7-8,11,13-14,16-17,21,27,33H,1-3,5-6,9H2/t13-,16+,17+,21-/m0/s1. The van der Waals surface area contributed by atoms with Gasteiger partial charge < -0.3 is 15.3 Å². The van der Waals surface area contributed by atoms with Gasteiger partial charge in [-0.05, 0) is 44.2 Å². The summed E-state index contributed by atoms with van der Waals surface area (Å²) in [5, 5.41) is 40.2. The second kappa shape index (κ2) is 8.52. The van der Waals surface area contributed by atoms with Crippen LogP contribution in [-0.2, 0) is 0 Å². The smallest absolute Gasteiger partial charge is 0.218 e. The molecule has 0 spiro atoms. The second-order valence-corrected chi connectivity index (χ2v) is 10.2. The number of nitrogens with zero attached hydrogens (tertiary/aromatic N) is 7. The molecule has 11 heteroatoms. The third kappa shape index (κ3) is 3.86. The van der Waals surface area contributed by atoms with E-state index in [-0.39, 0.29) is 34.7 Å². The Kier molecular flexibility index (Phi) is 5.34. The zero-order valence-electron chi connectivity index (χ0n) is 18.3. The van der Waals surface area contributed by atoms with E-state index in [1.54, 1.807) is 24.4 Å². The van der Waals surface area contributed by atoms with Crippen LogP contribution in [0.2, 0.25) is 0 Å². The van der Waals surface area contributed by atoms with Crippen molar-refractivity contribution in [3.8, 4) is 33.8 Å². The number of rotatable bonds is 5. The fraction of sp³-hybridized carbons (Fsp3) is 0.478. The number of aromatic hydroxyl groups is 1. The van der Waals surface area contributed by atoms with Crippen molar-refractivity contribution in [3.05, 3.63) is 29.4 Å². The maximum Gasteiger partial charge on any atom is 0.218 e. The molecule has 0 radical (unpaired) electrons. The summed E-state index contributed by atoms with van der Waals surface area (Å²) in [6.45, 7) is 0. The number of hydrogen-bond donors (Lipinski definition) is 2. The average molecular weight is 479 g/mol. The Hall–Kier alpha value is -3.23. The van der Waals surface area contributed by atoms with E-state index in [0.717, 1.165) is 49.9 Å². The van der Waals surface area contributed by atoms with Gasteiger partial charge in [0.15, 0.2) is 11.6 Å². The number of benzene rings is 1. The first-order valence-corrected chi connectivity index (χ1v) is 12.4. The lowest BCUT2D eigenvalue weighted by atomic mass is 9.82. The topological polar surface area (TPSA) is 124 Å². The molecule has 3 fully saturated rings. The summed E-state index contributed by atoms with van der Waals surface area (Å²) in [7, 11) is 0. The first-order chi connectivity index (χ1) is 16.6. The highest BCUT2D eigenvalue weighted by molar-refractivity contribution is 7.15. The van der Waals surface area contributed by atoms with Crippen LogP contribution >= 0.6 is 11.3 Å². The van der Waals surface area contributed by atoms with Gasteiger partial charge in [-0.3, -0.25) is 0 Å². The van der Waals surface area contributed by atoms with Crippen LogP contribution in [0, 0.1) is 11.3 Å². The van der Waals surface area contributed by atoms with Crippen LogP contribution in [0.5, 0.6) is 5.75 Å². The molecule has 2 aliphatic heterocycles. The Balaban J connectivity index is 1.25. The molecule has 2 bridgehead atoms. The lowest BCUT2D eigenvalue weighted by Crippen LogP contribution is -2.62. The van der Waals surface area contributed by atoms with Crippen molar-refractivity contribution >= 4 is 17.2 Å². The van der Waals surface area contributed by atoms with E-state index < -0.39 is 6.17 Å². The fourth-order valence-corrected chi connectivity index (χ4v) is 5.81. The maximum atomic E-state index is 15.4. The van der Waals surface area contributed by atoms with Gasteiger partial charge in [-0.2, -0.15) is 5.26 Å². The van der Waals surface area contributed by atoms with Gasteiger partial charge in [0.1, 0.15) is 23.0 Å². The number of aromatic nitrogens is 5. The summed E-state index contributed by atoms with van der Waals surface area (Å²) >= 11 is 1.15. The molecule has 9 nitrogen and oxygen atoms in total. The molecule has 2 aromatic heterocycles. The van der Waals surface area contributed by atoms with E-state index in [4.69, 9.17) is 5.26 Å². The number of nitriles is 1. The molecule has 2 saturated heterocycles. The molecule has 2 N–H and O–H groups in total. The lowest BCUT2D eigenvalue weighted by Gasteiger charge is -2.47. The maximum absolute atomic E-state index is 15.4. The summed E-state index contributed by atoms with van der Waals surface area (Å²) in [5.74, 6) is 0.861. The van der Waals surface area contributed by atoms with Crippen molar-refractivity contribution < 1.29 is 9.50 Å². The number of phenols is 1. The molecule has 174 valence electrons. The Morgan fingerprint density at radius 3 is 2.74 bits per heavy atom. The summed E-state index contributed by atoms with van der Waals surface area (Å²) in [6.07, 6.45) is 6.55. The van der Waals surface area contributed by atoms with Gasteiger partial charge in [0, 0.05) is 23.7 Å². The minimum Gasteiger partial charge on any atom is -0.507 e. The lowest BCUT2D eigenvalue weighted by molar-refractivity contribution is 0.104. The molecule has 0 amide bonds. The van der Waals surface area contributed by atoms with Crippen LogP contribution in [0.15, 0.2) is 24.4 Å². The van der Waals surface area contributed by atoms with Crippen LogP contribution < -0.4 is 10.2 Å². The van der Waals surface area contributed by atoms with Gasteiger partial charge in [-0.25, -0.2) is 9.37 Å². The number of nitrogens with one attached hydrogen (secondary N) is 1. The van der Waals surface area contributed by atoms with Crippen LogP contribution in [-0.4, -0.2) is 60.8 Å². The highest BCUT2D eigenvalue weighted by Crippen LogP contribution is 2.39. The van der Waals surface area contributed by atoms with E-state index in [2.05, 4.69) is 35.6 Å². The van der Waals surface area contributed by atoms with E-state index in [9.17, 15) is 5.11 Å². The van der Waals surface area contributed by atoms with Crippen LogP contribution in [0.4, 0.5) is 10.2 Å². The van der Waals surface area contributed by atoms with Crippen LogP contribution in [0.3, 0.4) is 0 Å². The number of fused-ring (bicyclic) bond motifs is 2. The number of anilines is 1. The van der Waals surface area contributed by atoms with E-state index >= 15 is 4.39 Å². The average Bonchev–Trinajstić information content (AvgIpc) is 3.57. The third-order valence-corrected chi connectivity index (χ3v) is 7.79. The number of alkyl halides is 1. The largest absolute Gasteiger partial charge is 0.507 e. The number of hydrogen-bond acceptors (Lipinski definition) is 10. The van der Waals surface area contributed by atoms with Crippen molar-refractivity contribution in [2.75, 3.05) is 4.90 Å². The first-order valence-electron chi connectivity index (χ1n) is 11.6. The molecule has 0 unspecified atom stereocenters. The van der Waals surface area contributed by atoms with Gasteiger partial charge in [0.2, 0.25) is 5.01 Å². The third-order valence-electron chi connectivity index (χ3n) is 6.91. The molecule has 3 aromatic rings. The van der Waals surface area contributed by atoms with Crippen LogP contribution in [0.25, 0.3) is 22.0 Å². The molecular weight excluding hydrogens is 455 g/mol. The van der Waals surface area contributed by atoms with Gasteiger partial charge in [-0.1, -0.05) is 23.8 Å². The van der Waals surface area contributed by atoms with Crippen molar-refractivity contribution in [2.24, 2.45) is 0 Å². The number of phenolic OH excluding ortho intramolecular Hbond substituents is 1. The van der Waals surface area contributed by atoms with E-state index in [0.29, 0.717) is 28.0 Å². The van der Waals surface area contributed by atoms with Crippen molar-refractivity contribution in [1.29, 1.82) is 5.26 Å². The molecule has 34 heavy (non-hydrogen) atoms. The van der Waals surface area contributed by atoms with E-state index in [1.165, 1.54) is 0 Å². The predicted octanol–water partition coefficient (Wildman–Crippen LogP) is 3.22. The molecule has 3 aliphatic rings. The molecule has 1 aromatic carbocycles. The molecule has 4 atom stereocenters. The molecular formula is C23H23FN8OS. The first kappa shape index (κ1) is 21.3. The summed E-state index contributed by atoms with van der Waals surface area (Å²) in [5.41, 5.74) is 1.08. The molecule has 4 heterocycles. The summed E-state index contributed by atoms with van der Waals surface area (Å²) < 4.78 is 15.4. The Morgan fingerprint density at radius 2 is 2.03 bits per heavy atom. The Labute approximate surface area is 199 Å². The zero-order valence-corrected chi connectivity index (χ0v) is 19.1. The van der Waals surface area contributed by atoms with Crippen molar-refractivity contribution in [3.63, 3.8) is 0 Å². The molecule has 6 rings (SSSR count). The van der Waals surface area contributed by atoms with Crippen LogP contribution in [0.1, 0.15) is 43.5 Å². The highest BCUT2D eigenvalue weighted by atomic mass is 32.1.